The molecule has 2 aromatic rings. The minimum atomic E-state index is -0.646. The lowest BCUT2D eigenvalue weighted by atomic mass is 9.74. The summed E-state index contributed by atoms with van der Waals surface area (Å²) in [4.78, 5) is 0. The zero-order valence-corrected chi connectivity index (χ0v) is 13.0. The first-order valence-electron chi connectivity index (χ1n) is 8.20. The van der Waals surface area contributed by atoms with Gasteiger partial charge in [-0.3, -0.25) is 0 Å². The van der Waals surface area contributed by atoms with Crippen LogP contribution >= 0.6 is 0 Å². The molecule has 1 aliphatic rings. The van der Waals surface area contributed by atoms with Gasteiger partial charge in [0.1, 0.15) is 0 Å². The van der Waals surface area contributed by atoms with E-state index in [1.807, 2.05) is 12.1 Å². The highest BCUT2D eigenvalue weighted by atomic mass is 16.3. The molecule has 1 nitrogen and oxygen atoms in total. The maximum absolute atomic E-state index is 11.0. The van der Waals surface area contributed by atoms with Crippen molar-refractivity contribution in [3.63, 3.8) is 0 Å². The zero-order chi connectivity index (χ0) is 15.4. The molecule has 1 saturated carbocycles. The lowest BCUT2D eigenvalue weighted by molar-refractivity contribution is -0.0138. The first-order valence-corrected chi connectivity index (χ1v) is 8.20. The Hall–Kier alpha value is -1.86. The van der Waals surface area contributed by atoms with Gasteiger partial charge in [0.2, 0.25) is 0 Å². The van der Waals surface area contributed by atoms with Gasteiger partial charge in [-0.1, -0.05) is 60.7 Å². The summed E-state index contributed by atoms with van der Waals surface area (Å²) in [5.74, 6) is 0.696. The number of hydrogen-bond acceptors (Lipinski definition) is 1. The van der Waals surface area contributed by atoms with Crippen LogP contribution in [-0.2, 0) is 5.60 Å². The lowest BCUT2D eigenvalue weighted by Crippen LogP contribution is -2.31. The number of aliphatic hydroxyl groups is 1. The van der Waals surface area contributed by atoms with Crippen LogP contribution in [0.15, 0.2) is 67.3 Å². The summed E-state index contributed by atoms with van der Waals surface area (Å²) in [5.41, 5.74) is 2.83. The van der Waals surface area contributed by atoms with Crippen LogP contribution in [0.1, 0.15) is 37.7 Å². The van der Waals surface area contributed by atoms with Crippen molar-refractivity contribution in [1.29, 1.82) is 0 Å². The molecular formula is C21H24O. The van der Waals surface area contributed by atoms with E-state index in [9.17, 15) is 5.11 Å². The van der Waals surface area contributed by atoms with E-state index in [0.717, 1.165) is 37.7 Å². The Balaban J connectivity index is 1.74. The molecule has 0 unspecified atom stereocenters. The van der Waals surface area contributed by atoms with E-state index >= 15 is 0 Å². The van der Waals surface area contributed by atoms with Crippen LogP contribution in [0.2, 0.25) is 0 Å². The Labute approximate surface area is 133 Å². The third kappa shape index (κ3) is 3.15. The second-order valence-corrected chi connectivity index (χ2v) is 6.44. The number of allylic oxidation sites excluding steroid dienone is 1. The van der Waals surface area contributed by atoms with Crippen molar-refractivity contribution in [3.05, 3.63) is 72.8 Å². The van der Waals surface area contributed by atoms with Gasteiger partial charge in [0.25, 0.3) is 0 Å². The molecular weight excluding hydrogens is 268 g/mol. The molecule has 0 amide bonds. The molecule has 114 valence electrons. The van der Waals surface area contributed by atoms with Gasteiger partial charge >= 0.3 is 0 Å². The van der Waals surface area contributed by atoms with Crippen molar-refractivity contribution < 1.29 is 5.11 Å². The first-order chi connectivity index (χ1) is 10.7. The summed E-state index contributed by atoms with van der Waals surface area (Å²) in [5, 5.41) is 11.0. The van der Waals surface area contributed by atoms with Gasteiger partial charge in [0.15, 0.2) is 0 Å². The average Bonchev–Trinajstić information content (AvgIpc) is 2.58. The minimum Gasteiger partial charge on any atom is -0.385 e. The summed E-state index contributed by atoms with van der Waals surface area (Å²) < 4.78 is 0. The van der Waals surface area contributed by atoms with Crippen LogP contribution in [0, 0.1) is 5.92 Å². The van der Waals surface area contributed by atoms with Crippen molar-refractivity contribution >= 4 is 0 Å². The van der Waals surface area contributed by atoms with E-state index in [4.69, 9.17) is 0 Å². The van der Waals surface area contributed by atoms with E-state index in [2.05, 4.69) is 55.1 Å². The third-order valence-electron chi connectivity index (χ3n) is 4.96. The number of benzene rings is 2. The molecule has 1 fully saturated rings. The SMILES string of the molecule is C=CCC1CCC(O)(c2ccc(-c3ccccc3)cc2)CC1. The quantitative estimate of drug-likeness (QED) is 0.757. The Bertz CT molecular complexity index is 604. The summed E-state index contributed by atoms with van der Waals surface area (Å²) in [6.45, 7) is 3.83. The summed E-state index contributed by atoms with van der Waals surface area (Å²) in [7, 11) is 0. The summed E-state index contributed by atoms with van der Waals surface area (Å²) >= 11 is 0. The predicted octanol–water partition coefficient (Wildman–Crippen LogP) is 5.31. The second-order valence-electron chi connectivity index (χ2n) is 6.44. The Morgan fingerprint density at radius 1 is 0.955 bits per heavy atom. The van der Waals surface area contributed by atoms with E-state index in [-0.39, 0.29) is 0 Å². The molecule has 0 bridgehead atoms. The van der Waals surface area contributed by atoms with Gasteiger partial charge in [0, 0.05) is 0 Å². The highest BCUT2D eigenvalue weighted by Gasteiger charge is 2.34. The summed E-state index contributed by atoms with van der Waals surface area (Å²) in [6.07, 6.45) is 6.96. The van der Waals surface area contributed by atoms with E-state index < -0.39 is 5.60 Å². The molecule has 0 spiro atoms. The summed E-state index contributed by atoms with van der Waals surface area (Å²) in [6, 6.07) is 18.8. The molecule has 22 heavy (non-hydrogen) atoms. The maximum Gasteiger partial charge on any atom is 0.0896 e. The molecule has 0 aliphatic heterocycles. The molecule has 0 atom stereocenters. The number of hydrogen-bond donors (Lipinski definition) is 1. The van der Waals surface area contributed by atoms with Crippen LogP contribution < -0.4 is 0 Å². The highest BCUT2D eigenvalue weighted by Crippen LogP contribution is 2.41. The molecule has 1 N–H and O–H groups in total. The molecule has 3 rings (SSSR count). The topological polar surface area (TPSA) is 20.2 Å². The molecule has 0 heterocycles. The van der Waals surface area contributed by atoms with Crippen LogP contribution in [-0.4, -0.2) is 5.11 Å². The van der Waals surface area contributed by atoms with Crippen molar-refractivity contribution in [2.45, 2.75) is 37.7 Å². The first kappa shape index (κ1) is 15.1. The lowest BCUT2D eigenvalue weighted by Gasteiger charge is -2.36. The maximum atomic E-state index is 11.0. The Morgan fingerprint density at radius 3 is 2.14 bits per heavy atom. The molecule has 1 heteroatoms. The molecule has 0 saturated heterocycles. The van der Waals surface area contributed by atoms with Crippen LogP contribution in [0.25, 0.3) is 11.1 Å². The van der Waals surface area contributed by atoms with Crippen LogP contribution in [0.5, 0.6) is 0 Å². The smallest absolute Gasteiger partial charge is 0.0896 e. The molecule has 2 aromatic carbocycles. The van der Waals surface area contributed by atoms with Crippen molar-refractivity contribution in [1.82, 2.24) is 0 Å². The van der Waals surface area contributed by atoms with Crippen LogP contribution in [0.3, 0.4) is 0 Å². The minimum absolute atomic E-state index is 0.646. The highest BCUT2D eigenvalue weighted by molar-refractivity contribution is 5.63. The van der Waals surface area contributed by atoms with Gasteiger partial charge in [-0.2, -0.15) is 0 Å². The Kier molecular flexibility index (Phi) is 4.44. The zero-order valence-electron chi connectivity index (χ0n) is 13.0. The fourth-order valence-corrected chi connectivity index (χ4v) is 3.52. The van der Waals surface area contributed by atoms with Crippen LogP contribution in [0.4, 0.5) is 0 Å². The average molecular weight is 292 g/mol. The largest absolute Gasteiger partial charge is 0.385 e. The number of rotatable bonds is 4. The van der Waals surface area contributed by atoms with Crippen molar-refractivity contribution in [2.24, 2.45) is 5.92 Å². The molecule has 1 aliphatic carbocycles. The van der Waals surface area contributed by atoms with Gasteiger partial charge in [-0.15, -0.1) is 6.58 Å². The van der Waals surface area contributed by atoms with Gasteiger partial charge in [-0.25, -0.2) is 0 Å². The van der Waals surface area contributed by atoms with Crippen molar-refractivity contribution in [3.8, 4) is 11.1 Å². The molecule has 0 radical (unpaired) electrons. The van der Waals surface area contributed by atoms with Gasteiger partial charge in [-0.05, 0) is 54.7 Å². The molecule has 0 aromatic heterocycles. The fraction of sp³-hybridized carbons (Fsp3) is 0.333. The third-order valence-corrected chi connectivity index (χ3v) is 4.96. The van der Waals surface area contributed by atoms with E-state index in [1.165, 1.54) is 11.1 Å². The van der Waals surface area contributed by atoms with Gasteiger partial charge < -0.3 is 5.11 Å². The van der Waals surface area contributed by atoms with Gasteiger partial charge in [0.05, 0.1) is 5.60 Å². The van der Waals surface area contributed by atoms with E-state index in [0.29, 0.717) is 5.92 Å². The normalized spacial score (nSPS) is 24.9. The van der Waals surface area contributed by atoms with E-state index in [1.54, 1.807) is 0 Å². The predicted molar refractivity (Wildman–Crippen MR) is 92.5 cm³/mol. The standard InChI is InChI=1S/C21H24O/c1-2-6-17-13-15-21(22,16-14-17)20-11-9-19(10-12-20)18-7-4-3-5-8-18/h2-5,7-12,17,22H,1,6,13-16H2. The Morgan fingerprint density at radius 2 is 1.55 bits per heavy atom. The van der Waals surface area contributed by atoms with Crippen molar-refractivity contribution in [2.75, 3.05) is 0 Å². The fourth-order valence-electron chi connectivity index (χ4n) is 3.52. The second kappa shape index (κ2) is 6.50. The monoisotopic (exact) mass is 292 g/mol.